The summed E-state index contributed by atoms with van der Waals surface area (Å²) in [7, 11) is 2.11. The van der Waals surface area contributed by atoms with Crippen molar-refractivity contribution in [1.29, 1.82) is 0 Å². The predicted octanol–water partition coefficient (Wildman–Crippen LogP) is 1.58. The van der Waals surface area contributed by atoms with E-state index in [0.29, 0.717) is 6.04 Å². The Kier molecular flexibility index (Phi) is 3.87. The average Bonchev–Trinajstić information content (AvgIpc) is 2.97. The molecular weight excluding hydrogens is 250 g/mol. The number of likely N-dealkylation sites (tertiary alicyclic amines) is 1. The van der Waals surface area contributed by atoms with Crippen LogP contribution >= 0.6 is 0 Å². The van der Waals surface area contributed by atoms with Crippen LogP contribution in [0.2, 0.25) is 0 Å². The molecule has 1 unspecified atom stereocenters. The third-order valence-corrected chi connectivity index (χ3v) is 3.83. The predicted molar refractivity (Wildman–Crippen MR) is 78.4 cm³/mol. The average molecular weight is 269 g/mol. The van der Waals surface area contributed by atoms with Gasteiger partial charge in [0.2, 0.25) is 0 Å². The van der Waals surface area contributed by atoms with Crippen LogP contribution in [0.15, 0.2) is 43.0 Å². The molecule has 0 N–H and O–H groups in total. The number of aromatic nitrogens is 3. The molecule has 0 bridgehead atoms. The third kappa shape index (κ3) is 2.93. The largest absolute Gasteiger partial charge is 0.355 e. The molecule has 0 aliphatic carbocycles. The second-order valence-electron chi connectivity index (χ2n) is 5.18. The SMILES string of the molecule is CN(c1ccncn1)C1CCN(Cc2ccccn2)C1. The van der Waals surface area contributed by atoms with E-state index in [9.17, 15) is 0 Å². The highest BCUT2D eigenvalue weighted by molar-refractivity contribution is 5.37. The monoisotopic (exact) mass is 269 g/mol. The molecule has 0 aromatic carbocycles. The fraction of sp³-hybridized carbons (Fsp3) is 0.400. The van der Waals surface area contributed by atoms with Crippen LogP contribution in [0, 0.1) is 0 Å². The van der Waals surface area contributed by atoms with Gasteiger partial charge in [0, 0.05) is 45.1 Å². The Morgan fingerprint density at radius 3 is 2.95 bits per heavy atom. The van der Waals surface area contributed by atoms with E-state index in [2.05, 4.69) is 37.9 Å². The molecule has 0 radical (unpaired) electrons. The van der Waals surface area contributed by atoms with Gasteiger partial charge in [0.15, 0.2) is 0 Å². The number of pyridine rings is 1. The Morgan fingerprint density at radius 2 is 2.20 bits per heavy atom. The molecule has 3 rings (SSSR count). The normalized spacial score (nSPS) is 19.1. The van der Waals surface area contributed by atoms with Crippen molar-refractivity contribution in [1.82, 2.24) is 19.9 Å². The minimum absolute atomic E-state index is 0.508. The molecule has 3 heterocycles. The van der Waals surface area contributed by atoms with E-state index in [0.717, 1.165) is 37.6 Å². The summed E-state index contributed by atoms with van der Waals surface area (Å²) in [5, 5.41) is 0. The molecule has 0 saturated carbocycles. The zero-order valence-corrected chi connectivity index (χ0v) is 11.7. The van der Waals surface area contributed by atoms with Gasteiger partial charge in [0.05, 0.1) is 5.69 Å². The van der Waals surface area contributed by atoms with E-state index in [4.69, 9.17) is 0 Å². The zero-order chi connectivity index (χ0) is 13.8. The van der Waals surface area contributed by atoms with E-state index in [1.54, 1.807) is 12.5 Å². The molecule has 0 amide bonds. The lowest BCUT2D eigenvalue weighted by Crippen LogP contribution is -2.35. The first-order valence-corrected chi connectivity index (χ1v) is 6.94. The van der Waals surface area contributed by atoms with E-state index in [1.165, 1.54) is 0 Å². The van der Waals surface area contributed by atoms with Crippen molar-refractivity contribution in [2.75, 3.05) is 25.0 Å². The van der Waals surface area contributed by atoms with Gasteiger partial charge >= 0.3 is 0 Å². The fourth-order valence-corrected chi connectivity index (χ4v) is 2.67. The molecule has 0 spiro atoms. The summed E-state index contributed by atoms with van der Waals surface area (Å²) in [5.41, 5.74) is 1.14. The zero-order valence-electron chi connectivity index (χ0n) is 11.7. The summed E-state index contributed by atoms with van der Waals surface area (Å²) in [5.74, 6) is 0.990. The maximum absolute atomic E-state index is 4.39. The summed E-state index contributed by atoms with van der Waals surface area (Å²) in [4.78, 5) is 17.4. The number of likely N-dealkylation sites (N-methyl/N-ethyl adjacent to an activating group) is 1. The molecule has 1 saturated heterocycles. The highest BCUT2D eigenvalue weighted by atomic mass is 15.3. The van der Waals surface area contributed by atoms with Crippen LogP contribution in [0.4, 0.5) is 5.82 Å². The van der Waals surface area contributed by atoms with Crippen molar-refractivity contribution in [3.63, 3.8) is 0 Å². The van der Waals surface area contributed by atoms with Gasteiger partial charge in [-0.1, -0.05) is 6.07 Å². The van der Waals surface area contributed by atoms with E-state index >= 15 is 0 Å². The quantitative estimate of drug-likeness (QED) is 0.843. The standard InChI is InChI=1S/C15H19N5/c1-19(15-5-8-16-12-18-15)14-6-9-20(11-14)10-13-4-2-3-7-17-13/h2-5,7-8,12,14H,6,9-11H2,1H3. The summed E-state index contributed by atoms with van der Waals surface area (Å²) >= 11 is 0. The molecule has 1 aliphatic heterocycles. The van der Waals surface area contributed by atoms with Crippen LogP contribution < -0.4 is 4.90 Å². The topological polar surface area (TPSA) is 45.2 Å². The first-order valence-electron chi connectivity index (χ1n) is 6.94. The second kappa shape index (κ2) is 5.96. The summed E-state index contributed by atoms with van der Waals surface area (Å²) in [6.07, 6.45) is 6.41. The van der Waals surface area contributed by atoms with Crippen LogP contribution in [-0.2, 0) is 6.54 Å². The Bertz CT molecular complexity index is 530. The van der Waals surface area contributed by atoms with Crippen molar-refractivity contribution in [3.8, 4) is 0 Å². The summed E-state index contributed by atoms with van der Waals surface area (Å²) < 4.78 is 0. The second-order valence-corrected chi connectivity index (χ2v) is 5.18. The smallest absolute Gasteiger partial charge is 0.131 e. The van der Waals surface area contributed by atoms with E-state index in [1.807, 2.05) is 24.4 Å². The van der Waals surface area contributed by atoms with Crippen molar-refractivity contribution < 1.29 is 0 Å². The summed E-state index contributed by atoms with van der Waals surface area (Å²) in [6.45, 7) is 3.09. The highest BCUT2D eigenvalue weighted by Gasteiger charge is 2.26. The van der Waals surface area contributed by atoms with Gasteiger partial charge in [-0.2, -0.15) is 0 Å². The molecule has 5 heteroatoms. The molecule has 2 aromatic heterocycles. The van der Waals surface area contributed by atoms with Crippen molar-refractivity contribution in [2.45, 2.75) is 19.0 Å². The van der Waals surface area contributed by atoms with Crippen LogP contribution in [0.1, 0.15) is 12.1 Å². The number of hydrogen-bond donors (Lipinski definition) is 0. The Morgan fingerprint density at radius 1 is 1.25 bits per heavy atom. The lowest BCUT2D eigenvalue weighted by Gasteiger charge is -2.25. The highest BCUT2D eigenvalue weighted by Crippen LogP contribution is 2.20. The lowest BCUT2D eigenvalue weighted by atomic mass is 10.2. The van der Waals surface area contributed by atoms with Crippen LogP contribution in [-0.4, -0.2) is 46.0 Å². The molecule has 5 nitrogen and oxygen atoms in total. The first-order chi connectivity index (χ1) is 9.83. The van der Waals surface area contributed by atoms with Crippen molar-refractivity contribution in [2.24, 2.45) is 0 Å². The molecule has 20 heavy (non-hydrogen) atoms. The Balaban J connectivity index is 1.59. The molecular formula is C15H19N5. The fourth-order valence-electron chi connectivity index (χ4n) is 2.67. The summed E-state index contributed by atoms with van der Waals surface area (Å²) in [6, 6.07) is 8.55. The van der Waals surface area contributed by atoms with Gasteiger partial charge in [0.25, 0.3) is 0 Å². The number of rotatable bonds is 4. The molecule has 2 aromatic rings. The van der Waals surface area contributed by atoms with E-state index < -0.39 is 0 Å². The maximum Gasteiger partial charge on any atom is 0.131 e. The van der Waals surface area contributed by atoms with Crippen LogP contribution in [0.3, 0.4) is 0 Å². The van der Waals surface area contributed by atoms with Gasteiger partial charge in [-0.25, -0.2) is 9.97 Å². The number of hydrogen-bond acceptors (Lipinski definition) is 5. The number of nitrogens with zero attached hydrogens (tertiary/aromatic N) is 5. The molecule has 1 atom stereocenters. The molecule has 104 valence electrons. The van der Waals surface area contributed by atoms with Crippen molar-refractivity contribution >= 4 is 5.82 Å². The first kappa shape index (κ1) is 13.0. The third-order valence-electron chi connectivity index (χ3n) is 3.83. The Labute approximate surface area is 119 Å². The molecule has 1 aliphatic rings. The van der Waals surface area contributed by atoms with E-state index in [-0.39, 0.29) is 0 Å². The Hall–Kier alpha value is -2.01. The van der Waals surface area contributed by atoms with Gasteiger partial charge < -0.3 is 4.90 Å². The lowest BCUT2D eigenvalue weighted by molar-refractivity contribution is 0.322. The van der Waals surface area contributed by atoms with Gasteiger partial charge in [-0.3, -0.25) is 9.88 Å². The minimum Gasteiger partial charge on any atom is -0.355 e. The van der Waals surface area contributed by atoms with Crippen molar-refractivity contribution in [3.05, 3.63) is 48.7 Å². The van der Waals surface area contributed by atoms with Crippen LogP contribution in [0.25, 0.3) is 0 Å². The van der Waals surface area contributed by atoms with Gasteiger partial charge in [-0.15, -0.1) is 0 Å². The van der Waals surface area contributed by atoms with Gasteiger partial charge in [0.1, 0.15) is 12.1 Å². The van der Waals surface area contributed by atoms with Gasteiger partial charge in [-0.05, 0) is 24.6 Å². The number of anilines is 1. The minimum atomic E-state index is 0.508. The molecule has 1 fully saturated rings. The van der Waals surface area contributed by atoms with Crippen LogP contribution in [0.5, 0.6) is 0 Å². The maximum atomic E-state index is 4.39.